The maximum Gasteiger partial charge on any atom is 0.223 e. The Balaban J connectivity index is 1.53. The largest absolute Gasteiger partial charge is 0.354 e. The van der Waals surface area contributed by atoms with E-state index in [4.69, 9.17) is 5.10 Å². The fourth-order valence-electron chi connectivity index (χ4n) is 3.15. The van der Waals surface area contributed by atoms with E-state index in [1.165, 1.54) is 0 Å². The second-order valence-electron chi connectivity index (χ2n) is 6.24. The quantitative estimate of drug-likeness (QED) is 0.865. The van der Waals surface area contributed by atoms with Crippen LogP contribution >= 0.6 is 0 Å². The minimum absolute atomic E-state index is 0.185. The Morgan fingerprint density at radius 2 is 2.32 bits per heavy atom. The van der Waals surface area contributed by atoms with Gasteiger partial charge in [-0.1, -0.05) is 0 Å². The number of carbonyl (C=O) groups is 1. The van der Waals surface area contributed by atoms with E-state index < -0.39 is 0 Å². The van der Waals surface area contributed by atoms with E-state index in [1.54, 1.807) is 6.20 Å². The van der Waals surface area contributed by atoms with E-state index >= 15 is 0 Å². The molecule has 2 aromatic heterocycles. The van der Waals surface area contributed by atoms with Crippen LogP contribution in [0.3, 0.4) is 0 Å². The van der Waals surface area contributed by atoms with Gasteiger partial charge in [0, 0.05) is 36.5 Å². The monoisotopic (exact) mass is 299 g/mol. The van der Waals surface area contributed by atoms with E-state index in [2.05, 4.69) is 21.7 Å². The van der Waals surface area contributed by atoms with Crippen LogP contribution in [-0.4, -0.2) is 40.3 Å². The molecule has 1 aliphatic carbocycles. The molecule has 0 radical (unpaired) electrons. The highest BCUT2D eigenvalue weighted by Crippen LogP contribution is 2.29. The topological polar surface area (TPSA) is 71.8 Å². The van der Waals surface area contributed by atoms with Gasteiger partial charge in [-0.3, -0.25) is 4.79 Å². The summed E-state index contributed by atoms with van der Waals surface area (Å²) in [6.45, 7) is 3.33. The zero-order valence-corrected chi connectivity index (χ0v) is 12.6. The van der Waals surface area contributed by atoms with Crippen LogP contribution in [0.1, 0.15) is 30.9 Å². The zero-order chi connectivity index (χ0) is 14.9. The van der Waals surface area contributed by atoms with E-state index in [1.807, 2.05) is 10.7 Å². The Morgan fingerprint density at radius 3 is 3.09 bits per heavy atom. The molecule has 0 spiro atoms. The van der Waals surface area contributed by atoms with Gasteiger partial charge in [0.1, 0.15) is 0 Å². The summed E-state index contributed by atoms with van der Waals surface area (Å²) in [5.74, 6) is 0.909. The summed E-state index contributed by atoms with van der Waals surface area (Å²) < 4.78 is 1.94. The summed E-state index contributed by atoms with van der Waals surface area (Å²) in [5.41, 5.74) is 2.06. The fraction of sp³-hybridized carbons (Fsp3) is 0.562. The third-order valence-electron chi connectivity index (χ3n) is 4.55. The second-order valence-corrected chi connectivity index (χ2v) is 6.24. The summed E-state index contributed by atoms with van der Waals surface area (Å²) in [4.78, 5) is 16.2. The Hall–Kier alpha value is -1.95. The maximum absolute atomic E-state index is 11.7. The zero-order valence-electron chi connectivity index (χ0n) is 12.6. The molecular formula is C16H21N5O. The van der Waals surface area contributed by atoms with Crippen LogP contribution in [0.25, 0.3) is 11.0 Å². The molecule has 1 saturated heterocycles. The molecule has 2 aliphatic rings. The Labute approximate surface area is 129 Å². The minimum atomic E-state index is 0.185. The number of hydrogen-bond donors (Lipinski definition) is 2. The number of carbonyl (C=O) groups excluding carboxylic acids is 1. The fourth-order valence-corrected chi connectivity index (χ4v) is 3.15. The van der Waals surface area contributed by atoms with Gasteiger partial charge in [0.15, 0.2) is 5.65 Å². The van der Waals surface area contributed by atoms with Gasteiger partial charge in [0.25, 0.3) is 0 Å². The molecule has 4 rings (SSSR count). The molecule has 0 unspecified atom stereocenters. The average molecular weight is 299 g/mol. The number of nitrogens with zero attached hydrogens (tertiary/aromatic N) is 3. The summed E-state index contributed by atoms with van der Waals surface area (Å²) in [5, 5.41) is 12.3. The average Bonchev–Trinajstić information content (AvgIpc) is 3.13. The van der Waals surface area contributed by atoms with E-state index in [9.17, 15) is 4.79 Å². The number of fused-ring (bicyclic) bond motifs is 1. The molecule has 6 nitrogen and oxygen atoms in total. The molecule has 1 aliphatic heterocycles. The van der Waals surface area contributed by atoms with Gasteiger partial charge in [-0.05, 0) is 37.9 Å². The normalized spacial score (nSPS) is 21.4. The lowest BCUT2D eigenvalue weighted by Gasteiger charge is -2.06. The lowest BCUT2D eigenvalue weighted by atomic mass is 10.0. The van der Waals surface area contributed by atoms with Crippen LogP contribution in [0.15, 0.2) is 18.3 Å². The Morgan fingerprint density at radius 1 is 1.41 bits per heavy atom. The van der Waals surface area contributed by atoms with Crippen molar-refractivity contribution in [3.63, 3.8) is 0 Å². The van der Waals surface area contributed by atoms with Crippen molar-refractivity contribution in [1.29, 1.82) is 0 Å². The lowest BCUT2D eigenvalue weighted by Crippen LogP contribution is -2.28. The van der Waals surface area contributed by atoms with Gasteiger partial charge < -0.3 is 10.6 Å². The Kier molecular flexibility index (Phi) is 3.54. The van der Waals surface area contributed by atoms with Crippen molar-refractivity contribution in [2.75, 3.05) is 19.6 Å². The number of aromatic nitrogens is 3. The highest BCUT2D eigenvalue weighted by atomic mass is 16.2. The van der Waals surface area contributed by atoms with Crippen LogP contribution in [0, 0.1) is 5.92 Å². The summed E-state index contributed by atoms with van der Waals surface area (Å²) in [6.07, 6.45) is 5.01. The van der Waals surface area contributed by atoms with Crippen LogP contribution in [0.5, 0.6) is 0 Å². The van der Waals surface area contributed by atoms with Crippen molar-refractivity contribution < 1.29 is 4.79 Å². The summed E-state index contributed by atoms with van der Waals surface area (Å²) >= 11 is 0. The number of nitrogens with one attached hydrogen (secondary N) is 2. The first-order valence-corrected chi connectivity index (χ1v) is 8.13. The van der Waals surface area contributed by atoms with Gasteiger partial charge in [-0.15, -0.1) is 0 Å². The molecule has 1 amide bonds. The van der Waals surface area contributed by atoms with Crippen LogP contribution in [0.2, 0.25) is 0 Å². The maximum atomic E-state index is 11.7. The second kappa shape index (κ2) is 5.68. The minimum Gasteiger partial charge on any atom is -0.354 e. The molecule has 6 heteroatoms. The van der Waals surface area contributed by atoms with Crippen molar-refractivity contribution in [2.45, 2.75) is 31.7 Å². The third-order valence-corrected chi connectivity index (χ3v) is 4.55. The molecule has 0 aromatic carbocycles. The predicted molar refractivity (Wildman–Crippen MR) is 83.5 cm³/mol. The first-order chi connectivity index (χ1) is 10.8. The molecule has 2 fully saturated rings. The molecule has 22 heavy (non-hydrogen) atoms. The summed E-state index contributed by atoms with van der Waals surface area (Å²) in [6, 6.07) is 4.07. The molecule has 3 heterocycles. The molecule has 1 atom stereocenters. The first kappa shape index (κ1) is 13.7. The van der Waals surface area contributed by atoms with Gasteiger partial charge in [0.05, 0.1) is 12.2 Å². The van der Waals surface area contributed by atoms with Gasteiger partial charge >= 0.3 is 0 Å². The number of amides is 1. The van der Waals surface area contributed by atoms with E-state index in [-0.39, 0.29) is 11.8 Å². The summed E-state index contributed by atoms with van der Waals surface area (Å²) in [7, 11) is 0. The van der Waals surface area contributed by atoms with E-state index in [0.29, 0.717) is 19.0 Å². The number of hydrogen-bond acceptors (Lipinski definition) is 4. The van der Waals surface area contributed by atoms with Gasteiger partial charge in [-0.2, -0.15) is 5.10 Å². The van der Waals surface area contributed by atoms with Crippen molar-refractivity contribution in [3.05, 3.63) is 24.0 Å². The standard InChI is InChI=1S/C16H21N5O/c22-16(11-3-4-11)19-8-9-21-15-13(2-1-6-18-15)14(20-21)12-5-7-17-10-12/h1-2,6,11-12,17H,3-5,7-10H2,(H,19,22)/t12-/m0/s1. The highest BCUT2D eigenvalue weighted by Gasteiger charge is 2.29. The molecule has 2 N–H and O–H groups in total. The third kappa shape index (κ3) is 2.59. The van der Waals surface area contributed by atoms with Crippen LogP contribution in [0.4, 0.5) is 0 Å². The van der Waals surface area contributed by atoms with Crippen molar-refractivity contribution in [3.8, 4) is 0 Å². The van der Waals surface area contributed by atoms with Crippen LogP contribution in [-0.2, 0) is 11.3 Å². The lowest BCUT2D eigenvalue weighted by molar-refractivity contribution is -0.122. The SMILES string of the molecule is O=C(NCCn1nc([C@H]2CCNC2)c2cccnc21)C1CC1. The smallest absolute Gasteiger partial charge is 0.223 e. The number of pyridine rings is 1. The van der Waals surface area contributed by atoms with Gasteiger partial charge in [0.2, 0.25) is 5.91 Å². The van der Waals surface area contributed by atoms with Crippen LogP contribution < -0.4 is 10.6 Å². The number of rotatable bonds is 5. The van der Waals surface area contributed by atoms with Gasteiger partial charge in [-0.25, -0.2) is 9.67 Å². The first-order valence-electron chi connectivity index (χ1n) is 8.13. The van der Waals surface area contributed by atoms with Crippen molar-refractivity contribution in [2.24, 2.45) is 5.92 Å². The Bertz CT molecular complexity index is 685. The molecular weight excluding hydrogens is 278 g/mol. The predicted octanol–water partition coefficient (Wildman–Crippen LogP) is 1.03. The molecule has 116 valence electrons. The van der Waals surface area contributed by atoms with Crippen molar-refractivity contribution in [1.82, 2.24) is 25.4 Å². The van der Waals surface area contributed by atoms with E-state index in [0.717, 1.165) is 49.1 Å². The highest BCUT2D eigenvalue weighted by molar-refractivity contribution is 5.81. The molecule has 1 saturated carbocycles. The van der Waals surface area contributed by atoms with Crippen molar-refractivity contribution >= 4 is 16.9 Å². The molecule has 0 bridgehead atoms. The molecule has 2 aromatic rings.